The smallest absolute Gasteiger partial charge is 0.158 e. The molecule has 1 aliphatic rings. The van der Waals surface area contributed by atoms with E-state index < -0.39 is 0 Å². The predicted molar refractivity (Wildman–Crippen MR) is 74.4 cm³/mol. The van der Waals surface area contributed by atoms with Gasteiger partial charge in [-0.05, 0) is 19.8 Å². The minimum absolute atomic E-state index is 0.381. The van der Waals surface area contributed by atoms with Crippen LogP contribution in [0.25, 0.3) is 0 Å². The maximum absolute atomic E-state index is 5.27. The van der Waals surface area contributed by atoms with Gasteiger partial charge in [0.1, 0.15) is 18.2 Å². The molecule has 0 bridgehead atoms. The molecule has 0 amide bonds. The summed E-state index contributed by atoms with van der Waals surface area (Å²) in [6.07, 6.45) is 2.43. The topological polar surface area (TPSA) is 68.3 Å². The number of methoxy groups -OCH3 is 2. The highest BCUT2D eigenvalue weighted by molar-refractivity contribution is 5.48. The van der Waals surface area contributed by atoms with Gasteiger partial charge in [0.05, 0.1) is 6.10 Å². The zero-order chi connectivity index (χ0) is 13.7. The van der Waals surface area contributed by atoms with E-state index in [1.54, 1.807) is 14.2 Å². The molecule has 0 aromatic carbocycles. The van der Waals surface area contributed by atoms with Gasteiger partial charge in [-0.2, -0.15) is 0 Å². The number of anilines is 2. The lowest BCUT2D eigenvalue weighted by Crippen LogP contribution is -2.40. The van der Waals surface area contributed by atoms with Crippen molar-refractivity contribution in [3.8, 4) is 0 Å². The Bertz CT molecular complexity index is 383. The summed E-state index contributed by atoms with van der Waals surface area (Å²) in [4.78, 5) is 8.83. The lowest BCUT2D eigenvalue weighted by Gasteiger charge is -2.35. The zero-order valence-corrected chi connectivity index (χ0v) is 11.8. The fourth-order valence-corrected chi connectivity index (χ4v) is 2.12. The first-order valence-corrected chi connectivity index (χ1v) is 6.65. The van der Waals surface area contributed by atoms with Crippen molar-refractivity contribution in [2.45, 2.75) is 38.5 Å². The molecule has 6 nitrogen and oxygen atoms in total. The van der Waals surface area contributed by atoms with Gasteiger partial charge in [0.2, 0.25) is 0 Å². The second kappa shape index (κ2) is 6.68. The summed E-state index contributed by atoms with van der Waals surface area (Å²) in [6.45, 7) is 3.29. The molecular formula is C13H22N4O2. The molecule has 106 valence electrons. The van der Waals surface area contributed by atoms with Gasteiger partial charge in [0, 0.05) is 32.9 Å². The Morgan fingerprint density at radius 2 is 2.00 bits per heavy atom. The summed E-state index contributed by atoms with van der Waals surface area (Å²) in [5, 5.41) is 6.62. The number of nitrogens with one attached hydrogen (secondary N) is 2. The molecule has 0 spiro atoms. The maximum atomic E-state index is 5.27. The average Bonchev–Trinajstić information content (AvgIpc) is 2.34. The first-order valence-electron chi connectivity index (χ1n) is 6.65. The fourth-order valence-electron chi connectivity index (χ4n) is 2.12. The van der Waals surface area contributed by atoms with Crippen molar-refractivity contribution >= 4 is 11.6 Å². The van der Waals surface area contributed by atoms with Gasteiger partial charge in [0.15, 0.2) is 5.82 Å². The normalized spacial score (nSPS) is 21.8. The molecule has 19 heavy (non-hydrogen) atoms. The van der Waals surface area contributed by atoms with E-state index in [9.17, 15) is 0 Å². The van der Waals surface area contributed by atoms with E-state index in [0.29, 0.717) is 24.6 Å². The van der Waals surface area contributed by atoms with Crippen LogP contribution in [-0.4, -0.2) is 42.9 Å². The van der Waals surface area contributed by atoms with Crippen LogP contribution in [0.2, 0.25) is 0 Å². The number of hydrogen-bond donors (Lipinski definition) is 2. The molecule has 2 N–H and O–H groups in total. The van der Waals surface area contributed by atoms with Gasteiger partial charge >= 0.3 is 0 Å². The van der Waals surface area contributed by atoms with Crippen molar-refractivity contribution in [3.05, 3.63) is 11.9 Å². The van der Waals surface area contributed by atoms with Gasteiger partial charge < -0.3 is 20.1 Å². The number of aromatic nitrogens is 2. The van der Waals surface area contributed by atoms with Crippen LogP contribution in [0, 0.1) is 0 Å². The Balaban J connectivity index is 2.01. The average molecular weight is 266 g/mol. The molecule has 0 atom stereocenters. The summed E-state index contributed by atoms with van der Waals surface area (Å²) >= 11 is 0. The van der Waals surface area contributed by atoms with Crippen molar-refractivity contribution in [2.75, 3.05) is 31.4 Å². The Kier molecular flexibility index (Phi) is 4.93. The van der Waals surface area contributed by atoms with Crippen LogP contribution in [0.1, 0.15) is 25.6 Å². The summed E-state index contributed by atoms with van der Waals surface area (Å²) in [6, 6.07) is 2.37. The number of nitrogens with zero attached hydrogens (tertiary/aromatic N) is 2. The van der Waals surface area contributed by atoms with Crippen LogP contribution in [-0.2, 0) is 16.1 Å². The highest BCUT2D eigenvalue weighted by atomic mass is 16.5. The van der Waals surface area contributed by atoms with E-state index in [2.05, 4.69) is 20.6 Å². The second-order valence-electron chi connectivity index (χ2n) is 4.69. The van der Waals surface area contributed by atoms with Crippen molar-refractivity contribution in [3.63, 3.8) is 0 Å². The van der Waals surface area contributed by atoms with E-state index >= 15 is 0 Å². The van der Waals surface area contributed by atoms with Crippen LogP contribution >= 0.6 is 0 Å². The molecule has 1 fully saturated rings. The minimum Gasteiger partial charge on any atom is -0.381 e. The van der Waals surface area contributed by atoms with Crippen molar-refractivity contribution in [1.29, 1.82) is 0 Å². The standard InChI is InChI=1S/C13H22N4O2/c1-4-14-11-7-12(17-13(16-11)8-18-2)15-9-5-10(6-9)19-3/h7,9-10H,4-6,8H2,1-3H3,(H2,14,15,16,17). The monoisotopic (exact) mass is 266 g/mol. The van der Waals surface area contributed by atoms with Gasteiger partial charge in [0.25, 0.3) is 0 Å². The molecule has 1 aromatic heterocycles. The lowest BCUT2D eigenvalue weighted by atomic mass is 9.89. The molecule has 0 aliphatic heterocycles. The van der Waals surface area contributed by atoms with Crippen LogP contribution < -0.4 is 10.6 Å². The molecule has 1 saturated carbocycles. The van der Waals surface area contributed by atoms with E-state index in [1.807, 2.05) is 13.0 Å². The predicted octanol–water partition coefficient (Wildman–Crippen LogP) is 1.64. The highest BCUT2D eigenvalue weighted by Crippen LogP contribution is 2.26. The third-order valence-corrected chi connectivity index (χ3v) is 3.18. The quantitative estimate of drug-likeness (QED) is 0.782. The van der Waals surface area contributed by atoms with Crippen molar-refractivity contribution in [1.82, 2.24) is 9.97 Å². The number of ether oxygens (including phenoxy) is 2. The van der Waals surface area contributed by atoms with Crippen LogP contribution in [0.3, 0.4) is 0 Å². The first-order chi connectivity index (χ1) is 9.25. The van der Waals surface area contributed by atoms with E-state index in [0.717, 1.165) is 31.0 Å². The summed E-state index contributed by atoms with van der Waals surface area (Å²) in [7, 11) is 3.40. The second-order valence-corrected chi connectivity index (χ2v) is 4.69. The van der Waals surface area contributed by atoms with E-state index in [4.69, 9.17) is 9.47 Å². The zero-order valence-electron chi connectivity index (χ0n) is 11.8. The Labute approximate surface area is 113 Å². The van der Waals surface area contributed by atoms with Gasteiger partial charge in [-0.25, -0.2) is 9.97 Å². The van der Waals surface area contributed by atoms with Crippen LogP contribution in [0.15, 0.2) is 6.07 Å². The summed E-state index contributed by atoms with van der Waals surface area (Å²) in [5.41, 5.74) is 0. The van der Waals surface area contributed by atoms with Crippen molar-refractivity contribution in [2.24, 2.45) is 0 Å². The molecule has 2 rings (SSSR count). The molecule has 6 heteroatoms. The fraction of sp³-hybridized carbons (Fsp3) is 0.692. The van der Waals surface area contributed by atoms with Gasteiger partial charge in [-0.15, -0.1) is 0 Å². The molecule has 0 radical (unpaired) electrons. The molecule has 1 heterocycles. The SMILES string of the molecule is CCNc1cc(NC2CC(OC)C2)nc(COC)n1. The minimum atomic E-state index is 0.381. The van der Waals surface area contributed by atoms with Gasteiger partial charge in [-0.3, -0.25) is 0 Å². The summed E-state index contributed by atoms with van der Waals surface area (Å²) in [5.74, 6) is 2.36. The summed E-state index contributed by atoms with van der Waals surface area (Å²) < 4.78 is 10.4. The third kappa shape index (κ3) is 3.78. The van der Waals surface area contributed by atoms with Crippen LogP contribution in [0.5, 0.6) is 0 Å². The van der Waals surface area contributed by atoms with Crippen molar-refractivity contribution < 1.29 is 9.47 Å². The molecule has 1 aliphatic carbocycles. The molecule has 0 unspecified atom stereocenters. The Hall–Kier alpha value is -1.40. The maximum Gasteiger partial charge on any atom is 0.158 e. The van der Waals surface area contributed by atoms with E-state index in [-0.39, 0.29) is 0 Å². The first kappa shape index (κ1) is 14.0. The third-order valence-electron chi connectivity index (χ3n) is 3.18. The van der Waals surface area contributed by atoms with E-state index in [1.165, 1.54) is 0 Å². The lowest BCUT2D eigenvalue weighted by molar-refractivity contribution is 0.0328. The van der Waals surface area contributed by atoms with Gasteiger partial charge in [-0.1, -0.05) is 0 Å². The molecule has 1 aromatic rings. The highest BCUT2D eigenvalue weighted by Gasteiger charge is 2.29. The largest absolute Gasteiger partial charge is 0.381 e. The molecular weight excluding hydrogens is 244 g/mol. The Morgan fingerprint density at radius 1 is 1.26 bits per heavy atom. The number of rotatable bonds is 7. The number of hydrogen-bond acceptors (Lipinski definition) is 6. The Morgan fingerprint density at radius 3 is 2.63 bits per heavy atom. The molecule has 0 saturated heterocycles. The van der Waals surface area contributed by atoms with Crippen LogP contribution in [0.4, 0.5) is 11.6 Å².